The van der Waals surface area contributed by atoms with Crippen molar-refractivity contribution in [3.05, 3.63) is 24.2 Å². The summed E-state index contributed by atoms with van der Waals surface area (Å²) in [5.74, 6) is 0.887. The van der Waals surface area contributed by atoms with E-state index in [4.69, 9.17) is 5.73 Å². The van der Waals surface area contributed by atoms with Crippen LogP contribution in [-0.4, -0.2) is 33.1 Å². The van der Waals surface area contributed by atoms with Crippen LogP contribution in [0.15, 0.2) is 18.3 Å². The summed E-state index contributed by atoms with van der Waals surface area (Å²) >= 11 is 0. The second kappa shape index (κ2) is 3.45. The second-order valence-corrected chi connectivity index (χ2v) is 4.34. The van der Waals surface area contributed by atoms with E-state index in [1.807, 2.05) is 18.3 Å². The summed E-state index contributed by atoms with van der Waals surface area (Å²) in [5.41, 5.74) is 7.31. The van der Waals surface area contributed by atoms with Crippen LogP contribution >= 0.6 is 0 Å². The molecule has 0 spiro atoms. The van der Waals surface area contributed by atoms with Crippen molar-refractivity contribution in [1.82, 2.24) is 19.5 Å². The number of anilines is 1. The molecule has 0 radical (unpaired) electrons. The predicted molar refractivity (Wildman–Crippen MR) is 62.0 cm³/mol. The van der Waals surface area contributed by atoms with Crippen molar-refractivity contribution in [2.75, 3.05) is 19.3 Å². The summed E-state index contributed by atoms with van der Waals surface area (Å²) in [6.45, 7) is 1.12. The zero-order valence-corrected chi connectivity index (χ0v) is 9.30. The van der Waals surface area contributed by atoms with Crippen LogP contribution in [-0.2, 0) is 0 Å². The first-order valence-corrected chi connectivity index (χ1v) is 5.57. The van der Waals surface area contributed by atoms with E-state index < -0.39 is 0 Å². The molecule has 5 nitrogen and oxygen atoms in total. The van der Waals surface area contributed by atoms with E-state index in [9.17, 15) is 0 Å². The number of nitrogen functional groups attached to an aromatic ring is 1. The van der Waals surface area contributed by atoms with E-state index in [1.54, 1.807) is 4.52 Å². The molecule has 0 amide bonds. The van der Waals surface area contributed by atoms with Gasteiger partial charge >= 0.3 is 0 Å². The van der Waals surface area contributed by atoms with Crippen molar-refractivity contribution in [2.45, 2.75) is 18.9 Å². The van der Waals surface area contributed by atoms with Gasteiger partial charge < -0.3 is 5.73 Å². The summed E-state index contributed by atoms with van der Waals surface area (Å²) in [6.07, 6.45) is 4.23. The van der Waals surface area contributed by atoms with Crippen LogP contribution in [0.5, 0.6) is 0 Å². The van der Waals surface area contributed by atoms with Gasteiger partial charge in [-0.05, 0) is 38.6 Å². The predicted octanol–water partition coefficient (Wildman–Crippen LogP) is 1.08. The molecule has 2 N–H and O–H groups in total. The van der Waals surface area contributed by atoms with Crippen LogP contribution in [0, 0.1) is 0 Å². The van der Waals surface area contributed by atoms with Crippen LogP contribution in [0.4, 0.5) is 5.69 Å². The minimum absolute atomic E-state index is 0.347. The van der Waals surface area contributed by atoms with E-state index in [1.165, 1.54) is 6.42 Å². The molecule has 2 aromatic heterocycles. The number of nitrogens with two attached hydrogens (primary N) is 1. The number of hydrogen-bond acceptors (Lipinski definition) is 4. The van der Waals surface area contributed by atoms with Gasteiger partial charge in [0.1, 0.15) is 0 Å². The number of aromatic nitrogens is 3. The fourth-order valence-electron chi connectivity index (χ4n) is 2.32. The second-order valence-electron chi connectivity index (χ2n) is 4.34. The van der Waals surface area contributed by atoms with E-state index in [0.29, 0.717) is 11.7 Å². The Morgan fingerprint density at radius 3 is 3.06 bits per heavy atom. The van der Waals surface area contributed by atoms with Crippen molar-refractivity contribution in [2.24, 2.45) is 0 Å². The quantitative estimate of drug-likeness (QED) is 0.776. The Hall–Kier alpha value is -1.62. The van der Waals surface area contributed by atoms with Gasteiger partial charge in [0.05, 0.1) is 11.7 Å². The van der Waals surface area contributed by atoms with Crippen molar-refractivity contribution >= 4 is 11.3 Å². The normalized spacial score (nSPS) is 21.9. The molecule has 1 saturated heterocycles. The molecule has 84 valence electrons. The lowest BCUT2D eigenvalue weighted by molar-refractivity contribution is 0.306. The molecule has 0 aromatic carbocycles. The van der Waals surface area contributed by atoms with Crippen molar-refractivity contribution in [3.63, 3.8) is 0 Å². The maximum Gasteiger partial charge on any atom is 0.178 e. The highest BCUT2D eigenvalue weighted by atomic mass is 15.3. The maximum atomic E-state index is 5.87. The Kier molecular flexibility index (Phi) is 2.07. The molecular formula is C11H15N5. The van der Waals surface area contributed by atoms with Gasteiger partial charge in [-0.2, -0.15) is 0 Å². The van der Waals surface area contributed by atoms with Crippen molar-refractivity contribution in [3.8, 4) is 0 Å². The molecule has 2 aromatic rings. The third-order valence-electron chi connectivity index (χ3n) is 3.23. The molecule has 1 aliphatic heterocycles. The van der Waals surface area contributed by atoms with E-state index in [2.05, 4.69) is 22.0 Å². The average Bonchev–Trinajstić information content (AvgIpc) is 2.84. The number of likely N-dealkylation sites (tertiary alicyclic amines) is 1. The average molecular weight is 217 g/mol. The Labute approximate surface area is 93.9 Å². The molecule has 1 unspecified atom stereocenters. The molecule has 3 heterocycles. The standard InChI is InChI=1S/C11H15N5/c1-15-6-3-5-9(15)10-13-11-8(12)4-2-7-16(11)14-10/h2,4,7,9H,3,5-6,12H2,1H3. The van der Waals surface area contributed by atoms with Crippen LogP contribution in [0.3, 0.4) is 0 Å². The van der Waals surface area contributed by atoms with Crippen LogP contribution in [0.1, 0.15) is 24.7 Å². The van der Waals surface area contributed by atoms with Gasteiger partial charge in [-0.1, -0.05) is 0 Å². The first kappa shape index (κ1) is 9.59. The summed E-state index contributed by atoms with van der Waals surface area (Å²) in [7, 11) is 2.12. The first-order chi connectivity index (χ1) is 7.75. The lowest BCUT2D eigenvalue weighted by Crippen LogP contribution is -2.18. The van der Waals surface area contributed by atoms with E-state index in [0.717, 1.165) is 24.4 Å². The van der Waals surface area contributed by atoms with Gasteiger partial charge in [-0.25, -0.2) is 9.50 Å². The number of fused-ring (bicyclic) bond motifs is 1. The molecule has 3 rings (SSSR count). The molecule has 1 aliphatic rings. The van der Waals surface area contributed by atoms with Gasteiger partial charge in [0.25, 0.3) is 0 Å². The molecule has 5 heteroatoms. The topological polar surface area (TPSA) is 59.5 Å². The number of hydrogen-bond donors (Lipinski definition) is 1. The third kappa shape index (κ3) is 1.36. The Balaban J connectivity index is 2.08. The highest BCUT2D eigenvalue weighted by Gasteiger charge is 2.26. The lowest BCUT2D eigenvalue weighted by Gasteiger charge is -2.15. The van der Waals surface area contributed by atoms with Gasteiger partial charge in [-0.15, -0.1) is 5.10 Å². The number of rotatable bonds is 1. The molecular weight excluding hydrogens is 202 g/mol. The minimum Gasteiger partial charge on any atom is -0.396 e. The van der Waals surface area contributed by atoms with Crippen molar-refractivity contribution < 1.29 is 0 Å². The Morgan fingerprint density at radius 1 is 1.50 bits per heavy atom. The van der Waals surface area contributed by atoms with Gasteiger partial charge in [0.2, 0.25) is 0 Å². The van der Waals surface area contributed by atoms with Crippen LogP contribution in [0.25, 0.3) is 5.65 Å². The molecule has 1 atom stereocenters. The highest BCUT2D eigenvalue weighted by Crippen LogP contribution is 2.28. The molecule has 16 heavy (non-hydrogen) atoms. The summed E-state index contributed by atoms with van der Waals surface area (Å²) in [4.78, 5) is 6.83. The van der Waals surface area contributed by atoms with E-state index >= 15 is 0 Å². The molecule has 0 saturated carbocycles. The molecule has 0 aliphatic carbocycles. The third-order valence-corrected chi connectivity index (χ3v) is 3.23. The number of nitrogens with zero attached hydrogens (tertiary/aromatic N) is 4. The summed E-state index contributed by atoms with van der Waals surface area (Å²) in [5, 5.41) is 4.49. The summed E-state index contributed by atoms with van der Waals surface area (Å²) < 4.78 is 1.76. The Bertz CT molecular complexity index is 518. The SMILES string of the molecule is CN1CCCC1c1nc2c(N)cccn2n1. The van der Waals surface area contributed by atoms with E-state index in [-0.39, 0.29) is 0 Å². The molecule has 0 bridgehead atoms. The zero-order chi connectivity index (χ0) is 11.1. The lowest BCUT2D eigenvalue weighted by atomic mass is 10.2. The highest BCUT2D eigenvalue weighted by molar-refractivity contribution is 5.63. The zero-order valence-electron chi connectivity index (χ0n) is 9.30. The molecule has 1 fully saturated rings. The smallest absolute Gasteiger partial charge is 0.178 e. The minimum atomic E-state index is 0.347. The number of pyridine rings is 1. The van der Waals surface area contributed by atoms with Gasteiger partial charge in [0.15, 0.2) is 11.5 Å². The maximum absolute atomic E-state index is 5.87. The first-order valence-electron chi connectivity index (χ1n) is 5.57. The monoisotopic (exact) mass is 217 g/mol. The van der Waals surface area contributed by atoms with Crippen LogP contribution < -0.4 is 5.73 Å². The van der Waals surface area contributed by atoms with Gasteiger partial charge in [0, 0.05) is 6.20 Å². The fraction of sp³-hybridized carbons (Fsp3) is 0.455. The fourth-order valence-corrected chi connectivity index (χ4v) is 2.32. The Morgan fingerprint density at radius 2 is 2.38 bits per heavy atom. The van der Waals surface area contributed by atoms with Crippen molar-refractivity contribution in [1.29, 1.82) is 0 Å². The largest absolute Gasteiger partial charge is 0.396 e. The summed E-state index contributed by atoms with van der Waals surface area (Å²) in [6, 6.07) is 4.09. The van der Waals surface area contributed by atoms with Gasteiger partial charge in [-0.3, -0.25) is 4.90 Å². The van der Waals surface area contributed by atoms with Crippen LogP contribution in [0.2, 0.25) is 0 Å².